The van der Waals surface area contributed by atoms with E-state index in [1.807, 2.05) is 12.3 Å². The van der Waals surface area contributed by atoms with Crippen LogP contribution in [-0.4, -0.2) is 6.10 Å². The summed E-state index contributed by atoms with van der Waals surface area (Å²) in [6, 6.07) is 10.4. The van der Waals surface area contributed by atoms with Gasteiger partial charge in [-0.3, -0.25) is 0 Å². The molecule has 0 amide bonds. The predicted molar refractivity (Wildman–Crippen MR) is 91.5 cm³/mol. The lowest BCUT2D eigenvalue weighted by molar-refractivity contribution is 0.0457. The Hall–Kier alpha value is -1.80. The summed E-state index contributed by atoms with van der Waals surface area (Å²) < 4.78 is 12.1. The van der Waals surface area contributed by atoms with Crippen LogP contribution in [0.1, 0.15) is 54.1 Å². The molecule has 2 aliphatic carbocycles. The van der Waals surface area contributed by atoms with Gasteiger partial charge in [0.05, 0.1) is 19.0 Å². The molecule has 2 nitrogen and oxygen atoms in total. The van der Waals surface area contributed by atoms with Crippen molar-refractivity contribution in [2.75, 3.05) is 0 Å². The molecule has 2 atom stereocenters. The summed E-state index contributed by atoms with van der Waals surface area (Å²) in [4.78, 5) is 0. The molecule has 2 unspecified atom stereocenters. The number of fused-ring (bicyclic) bond motifs is 1. The number of aryl methyl sites for hydroxylation is 1. The highest BCUT2D eigenvalue weighted by Gasteiger charge is 2.34. The van der Waals surface area contributed by atoms with Gasteiger partial charge in [-0.25, -0.2) is 0 Å². The molecule has 2 heteroatoms. The fourth-order valence-electron chi connectivity index (χ4n) is 3.99. The minimum atomic E-state index is 0.261. The van der Waals surface area contributed by atoms with Gasteiger partial charge >= 0.3 is 0 Å². The van der Waals surface area contributed by atoms with Crippen LogP contribution in [0.15, 0.2) is 53.2 Å². The lowest BCUT2D eigenvalue weighted by atomic mass is 9.89. The molecule has 0 bridgehead atoms. The van der Waals surface area contributed by atoms with Crippen LogP contribution in [0.4, 0.5) is 0 Å². The van der Waals surface area contributed by atoms with E-state index < -0.39 is 0 Å². The first-order valence-electron chi connectivity index (χ1n) is 8.73. The van der Waals surface area contributed by atoms with Crippen molar-refractivity contribution in [3.63, 3.8) is 0 Å². The molecule has 0 N–H and O–H groups in total. The Morgan fingerprint density at radius 1 is 1.13 bits per heavy atom. The van der Waals surface area contributed by atoms with Gasteiger partial charge in [0.15, 0.2) is 0 Å². The van der Waals surface area contributed by atoms with Crippen LogP contribution in [-0.2, 0) is 24.2 Å². The maximum atomic E-state index is 6.13. The maximum absolute atomic E-state index is 6.13. The van der Waals surface area contributed by atoms with Crippen molar-refractivity contribution in [2.24, 2.45) is 0 Å². The van der Waals surface area contributed by atoms with Crippen LogP contribution in [0.25, 0.3) is 0 Å². The van der Waals surface area contributed by atoms with Crippen molar-refractivity contribution < 1.29 is 9.15 Å². The first-order valence-corrected chi connectivity index (χ1v) is 8.73. The molecular formula is C21H24O2. The van der Waals surface area contributed by atoms with Crippen molar-refractivity contribution in [2.45, 2.75) is 57.2 Å². The lowest BCUT2D eigenvalue weighted by Crippen LogP contribution is -2.09. The predicted octanol–water partition coefficient (Wildman–Crippen LogP) is 5.18. The third kappa shape index (κ3) is 3.00. The molecular weight excluding hydrogens is 284 g/mol. The second-order valence-electron chi connectivity index (χ2n) is 6.88. The number of rotatable bonds is 4. The van der Waals surface area contributed by atoms with Crippen LogP contribution in [0.2, 0.25) is 0 Å². The largest absolute Gasteiger partial charge is 0.468 e. The van der Waals surface area contributed by atoms with Gasteiger partial charge in [-0.1, -0.05) is 42.5 Å². The van der Waals surface area contributed by atoms with Gasteiger partial charge in [-0.15, -0.1) is 0 Å². The molecule has 23 heavy (non-hydrogen) atoms. The van der Waals surface area contributed by atoms with E-state index in [0.717, 1.165) is 12.8 Å². The van der Waals surface area contributed by atoms with Crippen LogP contribution >= 0.6 is 0 Å². The molecule has 1 aromatic heterocycles. The van der Waals surface area contributed by atoms with E-state index in [-0.39, 0.29) is 6.10 Å². The Morgan fingerprint density at radius 3 is 2.83 bits per heavy atom. The summed E-state index contributed by atoms with van der Waals surface area (Å²) in [7, 11) is 0. The second-order valence-corrected chi connectivity index (χ2v) is 6.88. The summed E-state index contributed by atoms with van der Waals surface area (Å²) in [5, 5.41) is 0. The molecule has 1 saturated carbocycles. The van der Waals surface area contributed by atoms with Gasteiger partial charge < -0.3 is 9.15 Å². The zero-order chi connectivity index (χ0) is 15.6. The van der Waals surface area contributed by atoms with Crippen molar-refractivity contribution in [3.8, 4) is 0 Å². The Labute approximate surface area is 138 Å². The van der Waals surface area contributed by atoms with E-state index in [1.165, 1.54) is 53.7 Å². The highest BCUT2D eigenvalue weighted by Crippen LogP contribution is 2.43. The first kappa shape index (κ1) is 14.8. The number of ether oxygens (including phenoxy) is 1. The SMILES string of the molecule is C=C1CC(OCc2ccccc2)CC1c1occ2c1CCCC2. The standard InChI is InChI=1S/C21H24O2/c1-15-11-18(22-13-16-7-3-2-4-8-16)12-20(15)21-19-10-6-5-9-17(19)14-23-21/h2-4,7-8,14,18,20H,1,5-6,9-13H2. The number of furan rings is 1. The van der Waals surface area contributed by atoms with Gasteiger partial charge in [0, 0.05) is 5.92 Å². The molecule has 0 saturated heterocycles. The fraction of sp³-hybridized carbons (Fsp3) is 0.429. The highest BCUT2D eigenvalue weighted by molar-refractivity contribution is 5.37. The minimum absolute atomic E-state index is 0.261. The molecule has 1 aromatic carbocycles. The summed E-state index contributed by atoms with van der Waals surface area (Å²) in [5.41, 5.74) is 5.39. The van der Waals surface area contributed by atoms with E-state index in [2.05, 4.69) is 30.8 Å². The van der Waals surface area contributed by atoms with Crippen LogP contribution < -0.4 is 0 Å². The molecule has 120 valence electrons. The van der Waals surface area contributed by atoms with E-state index in [1.54, 1.807) is 0 Å². The van der Waals surface area contributed by atoms with Crippen LogP contribution in [0, 0.1) is 0 Å². The monoisotopic (exact) mass is 308 g/mol. The number of hydrogen-bond donors (Lipinski definition) is 0. The molecule has 0 radical (unpaired) electrons. The molecule has 0 spiro atoms. The number of benzene rings is 1. The van der Waals surface area contributed by atoms with E-state index in [0.29, 0.717) is 12.5 Å². The summed E-state index contributed by atoms with van der Waals surface area (Å²) in [5.74, 6) is 1.52. The Balaban J connectivity index is 1.43. The van der Waals surface area contributed by atoms with Crippen molar-refractivity contribution in [1.29, 1.82) is 0 Å². The summed E-state index contributed by atoms with van der Waals surface area (Å²) in [6.07, 6.45) is 9.12. The van der Waals surface area contributed by atoms with Crippen molar-refractivity contribution in [1.82, 2.24) is 0 Å². The van der Waals surface area contributed by atoms with E-state index in [4.69, 9.17) is 9.15 Å². The van der Waals surface area contributed by atoms with E-state index in [9.17, 15) is 0 Å². The second kappa shape index (κ2) is 6.37. The average Bonchev–Trinajstić information content (AvgIpc) is 3.17. The topological polar surface area (TPSA) is 22.4 Å². The van der Waals surface area contributed by atoms with Gasteiger partial charge in [0.25, 0.3) is 0 Å². The Kier molecular flexibility index (Phi) is 4.09. The molecule has 0 aliphatic heterocycles. The van der Waals surface area contributed by atoms with Crippen molar-refractivity contribution in [3.05, 3.63) is 71.2 Å². The quantitative estimate of drug-likeness (QED) is 0.726. The third-order valence-electron chi connectivity index (χ3n) is 5.26. The van der Waals surface area contributed by atoms with Crippen molar-refractivity contribution >= 4 is 0 Å². The minimum Gasteiger partial charge on any atom is -0.468 e. The van der Waals surface area contributed by atoms with Crippen LogP contribution in [0.5, 0.6) is 0 Å². The maximum Gasteiger partial charge on any atom is 0.114 e. The first-order chi connectivity index (χ1) is 11.3. The van der Waals surface area contributed by atoms with Gasteiger partial charge in [-0.2, -0.15) is 0 Å². The van der Waals surface area contributed by atoms with E-state index >= 15 is 0 Å². The molecule has 4 rings (SSSR count). The normalized spacial score (nSPS) is 23.9. The molecule has 1 heterocycles. The smallest absolute Gasteiger partial charge is 0.114 e. The highest BCUT2D eigenvalue weighted by atomic mass is 16.5. The summed E-state index contributed by atoms with van der Waals surface area (Å²) in [6.45, 7) is 4.99. The number of hydrogen-bond acceptors (Lipinski definition) is 2. The molecule has 2 aliphatic rings. The average molecular weight is 308 g/mol. The zero-order valence-electron chi connectivity index (χ0n) is 13.6. The zero-order valence-corrected chi connectivity index (χ0v) is 13.6. The summed E-state index contributed by atoms with van der Waals surface area (Å²) >= 11 is 0. The fourth-order valence-corrected chi connectivity index (χ4v) is 3.99. The molecule has 1 fully saturated rings. The van der Waals surface area contributed by atoms with Crippen LogP contribution in [0.3, 0.4) is 0 Å². The van der Waals surface area contributed by atoms with Gasteiger partial charge in [0.1, 0.15) is 5.76 Å². The lowest BCUT2D eigenvalue weighted by Gasteiger charge is -2.15. The molecule has 2 aromatic rings. The van der Waals surface area contributed by atoms with Gasteiger partial charge in [0.2, 0.25) is 0 Å². The Bertz CT molecular complexity index is 683. The Morgan fingerprint density at radius 2 is 1.96 bits per heavy atom. The third-order valence-corrected chi connectivity index (χ3v) is 5.26. The van der Waals surface area contributed by atoms with Gasteiger partial charge in [-0.05, 0) is 55.2 Å².